The van der Waals surface area contributed by atoms with E-state index in [-0.39, 0.29) is 29.2 Å². The number of hydrogen-bond donors (Lipinski definition) is 2. The summed E-state index contributed by atoms with van der Waals surface area (Å²) in [6.45, 7) is 1.52. The molecule has 4 rings (SSSR count). The zero-order valence-electron chi connectivity index (χ0n) is 17.9. The molecule has 33 heavy (non-hydrogen) atoms. The third-order valence-corrected chi connectivity index (χ3v) is 7.89. The molecule has 3 heterocycles. The van der Waals surface area contributed by atoms with Gasteiger partial charge in [-0.15, -0.1) is 11.3 Å². The highest BCUT2D eigenvalue weighted by Crippen LogP contribution is 2.21. The van der Waals surface area contributed by atoms with Crippen molar-refractivity contribution in [3.05, 3.63) is 76.4 Å². The number of carbonyl (C=O) groups excluding carboxylic acids is 2. The summed E-state index contributed by atoms with van der Waals surface area (Å²) in [4.78, 5) is 28.0. The minimum absolute atomic E-state index is 0.0388. The highest BCUT2D eigenvalue weighted by molar-refractivity contribution is 7.89. The van der Waals surface area contributed by atoms with Crippen molar-refractivity contribution >= 4 is 33.2 Å². The van der Waals surface area contributed by atoms with Gasteiger partial charge < -0.3 is 14.6 Å². The number of carbonyl (C=O) groups is 2. The van der Waals surface area contributed by atoms with Crippen LogP contribution in [0.5, 0.6) is 0 Å². The van der Waals surface area contributed by atoms with Crippen molar-refractivity contribution in [1.29, 1.82) is 0 Å². The van der Waals surface area contributed by atoms with E-state index in [4.69, 9.17) is 4.42 Å². The molecule has 0 spiro atoms. The van der Waals surface area contributed by atoms with E-state index in [0.29, 0.717) is 43.8 Å². The molecular formula is C23H25N3O5S2. The summed E-state index contributed by atoms with van der Waals surface area (Å²) in [7, 11) is -3.66. The van der Waals surface area contributed by atoms with Gasteiger partial charge in [0.1, 0.15) is 5.76 Å². The van der Waals surface area contributed by atoms with E-state index in [0.717, 1.165) is 4.88 Å². The van der Waals surface area contributed by atoms with Crippen LogP contribution in [0.25, 0.3) is 0 Å². The molecule has 0 aliphatic carbocycles. The Morgan fingerprint density at radius 1 is 1.03 bits per heavy atom. The van der Waals surface area contributed by atoms with Gasteiger partial charge in [0.05, 0.1) is 17.7 Å². The molecule has 3 aromatic rings. The first-order valence-corrected chi connectivity index (χ1v) is 13.0. The molecule has 10 heteroatoms. The van der Waals surface area contributed by atoms with Crippen LogP contribution in [0.3, 0.4) is 0 Å². The molecule has 0 unspecified atom stereocenters. The van der Waals surface area contributed by atoms with Gasteiger partial charge in [-0.1, -0.05) is 6.07 Å². The van der Waals surface area contributed by atoms with Crippen molar-refractivity contribution in [1.82, 2.24) is 14.9 Å². The normalized spacial score (nSPS) is 14.8. The highest BCUT2D eigenvalue weighted by Gasteiger charge is 2.28. The second kappa shape index (κ2) is 10.3. The number of piperidine rings is 1. The number of sulfonamides is 1. The van der Waals surface area contributed by atoms with E-state index in [2.05, 4.69) is 10.0 Å². The van der Waals surface area contributed by atoms with Crippen LogP contribution in [0, 0.1) is 5.92 Å². The molecule has 0 saturated carbocycles. The first-order chi connectivity index (χ1) is 15.9. The van der Waals surface area contributed by atoms with Crippen molar-refractivity contribution in [3.8, 4) is 0 Å². The van der Waals surface area contributed by atoms with Crippen LogP contribution < -0.4 is 10.0 Å². The number of benzene rings is 1. The molecule has 0 bridgehead atoms. The van der Waals surface area contributed by atoms with Crippen LogP contribution in [0.1, 0.15) is 33.8 Å². The Bertz CT molecular complexity index is 1170. The minimum atomic E-state index is -3.66. The lowest BCUT2D eigenvalue weighted by atomic mass is 9.95. The van der Waals surface area contributed by atoms with Crippen LogP contribution in [0.4, 0.5) is 0 Å². The molecule has 8 nitrogen and oxygen atoms in total. The van der Waals surface area contributed by atoms with Crippen LogP contribution in [0.15, 0.2) is 69.5 Å². The van der Waals surface area contributed by atoms with Gasteiger partial charge in [-0.25, -0.2) is 13.1 Å². The van der Waals surface area contributed by atoms with Crippen LogP contribution >= 0.6 is 11.3 Å². The topological polar surface area (TPSA) is 109 Å². The maximum atomic E-state index is 12.8. The number of rotatable bonds is 8. The average Bonchev–Trinajstić information content (AvgIpc) is 3.55. The van der Waals surface area contributed by atoms with Crippen molar-refractivity contribution in [2.45, 2.75) is 30.8 Å². The maximum Gasteiger partial charge on any atom is 0.253 e. The second-order valence-corrected chi connectivity index (χ2v) is 10.6. The van der Waals surface area contributed by atoms with Gasteiger partial charge in [0.15, 0.2) is 0 Å². The first-order valence-electron chi connectivity index (χ1n) is 10.6. The molecule has 2 aromatic heterocycles. The third-order valence-electron chi connectivity index (χ3n) is 5.60. The second-order valence-electron chi connectivity index (χ2n) is 7.79. The molecule has 0 radical (unpaired) electrons. The molecule has 1 aliphatic rings. The van der Waals surface area contributed by atoms with E-state index in [1.54, 1.807) is 23.3 Å². The number of nitrogens with one attached hydrogen (secondary N) is 2. The van der Waals surface area contributed by atoms with E-state index < -0.39 is 10.0 Å². The Balaban J connectivity index is 1.28. The molecule has 174 valence electrons. The summed E-state index contributed by atoms with van der Waals surface area (Å²) in [5, 5.41) is 4.76. The Hall–Kier alpha value is -2.95. The summed E-state index contributed by atoms with van der Waals surface area (Å²) in [6, 6.07) is 13.3. The van der Waals surface area contributed by atoms with Gasteiger partial charge in [-0.2, -0.15) is 0 Å². The zero-order chi connectivity index (χ0) is 23.3. The first kappa shape index (κ1) is 23.2. The van der Waals surface area contributed by atoms with Crippen molar-refractivity contribution < 1.29 is 22.4 Å². The number of thiophene rings is 1. The van der Waals surface area contributed by atoms with Crippen LogP contribution in [0.2, 0.25) is 0 Å². The Morgan fingerprint density at radius 3 is 2.42 bits per heavy atom. The van der Waals surface area contributed by atoms with Gasteiger partial charge in [-0.3, -0.25) is 9.59 Å². The van der Waals surface area contributed by atoms with Gasteiger partial charge in [0, 0.05) is 36.0 Å². The molecule has 1 fully saturated rings. The van der Waals surface area contributed by atoms with Gasteiger partial charge >= 0.3 is 0 Å². The highest BCUT2D eigenvalue weighted by atomic mass is 32.2. The lowest BCUT2D eigenvalue weighted by Crippen LogP contribution is -2.42. The fourth-order valence-corrected chi connectivity index (χ4v) is 5.44. The smallest absolute Gasteiger partial charge is 0.253 e. The van der Waals surface area contributed by atoms with Crippen LogP contribution in [-0.4, -0.2) is 38.2 Å². The number of likely N-dealkylation sites (tertiary alicyclic amines) is 1. The monoisotopic (exact) mass is 487 g/mol. The predicted octanol–water partition coefficient (Wildman–Crippen LogP) is 2.99. The largest absolute Gasteiger partial charge is 0.467 e. The molecular weight excluding hydrogens is 462 g/mol. The van der Waals surface area contributed by atoms with Crippen molar-refractivity contribution in [3.63, 3.8) is 0 Å². The molecule has 2 amide bonds. The SMILES string of the molecule is O=C(NCc1ccco1)C1CCN(C(=O)c2ccc(S(=O)(=O)NCc3cccs3)cc2)CC1. The molecule has 1 aromatic carbocycles. The summed E-state index contributed by atoms with van der Waals surface area (Å²) in [6.07, 6.45) is 2.72. The van der Waals surface area contributed by atoms with Gasteiger partial charge in [0.25, 0.3) is 5.91 Å². The lowest BCUT2D eigenvalue weighted by Gasteiger charge is -2.31. The Labute approximate surface area is 196 Å². The van der Waals surface area contributed by atoms with E-state index >= 15 is 0 Å². The summed E-state index contributed by atoms with van der Waals surface area (Å²) >= 11 is 1.48. The quantitative estimate of drug-likeness (QED) is 0.508. The molecule has 2 N–H and O–H groups in total. The number of nitrogens with zero attached hydrogens (tertiary/aromatic N) is 1. The third kappa shape index (κ3) is 5.89. The summed E-state index contributed by atoms with van der Waals surface area (Å²) < 4.78 is 32.8. The summed E-state index contributed by atoms with van der Waals surface area (Å²) in [5.41, 5.74) is 0.424. The van der Waals surface area contributed by atoms with E-state index in [9.17, 15) is 18.0 Å². The Kier molecular flexibility index (Phi) is 7.26. The van der Waals surface area contributed by atoms with Gasteiger partial charge in [-0.05, 0) is 60.7 Å². The predicted molar refractivity (Wildman–Crippen MR) is 124 cm³/mol. The lowest BCUT2D eigenvalue weighted by molar-refractivity contribution is -0.126. The maximum absolute atomic E-state index is 12.8. The zero-order valence-corrected chi connectivity index (χ0v) is 19.5. The molecule has 1 saturated heterocycles. The molecule has 0 atom stereocenters. The van der Waals surface area contributed by atoms with Crippen molar-refractivity contribution in [2.75, 3.05) is 13.1 Å². The summed E-state index contributed by atoms with van der Waals surface area (Å²) in [5.74, 6) is 0.345. The van der Waals surface area contributed by atoms with E-state index in [1.165, 1.54) is 35.6 Å². The molecule has 1 aliphatic heterocycles. The van der Waals surface area contributed by atoms with E-state index in [1.807, 2.05) is 17.5 Å². The van der Waals surface area contributed by atoms with Gasteiger partial charge in [0.2, 0.25) is 15.9 Å². The van der Waals surface area contributed by atoms with Crippen LogP contribution in [-0.2, 0) is 27.9 Å². The fourth-order valence-electron chi connectivity index (χ4n) is 3.70. The minimum Gasteiger partial charge on any atom is -0.467 e. The average molecular weight is 488 g/mol. The standard InChI is InChI=1S/C23H25N3O5S2/c27-22(24-15-19-3-1-13-31-19)17-9-11-26(12-10-17)23(28)18-5-7-21(8-6-18)33(29,30)25-16-20-4-2-14-32-20/h1-8,13-14,17,25H,9-12,15-16H2,(H,24,27). The Morgan fingerprint density at radius 2 is 1.79 bits per heavy atom. The van der Waals surface area contributed by atoms with Crippen molar-refractivity contribution in [2.24, 2.45) is 5.92 Å². The number of hydrogen-bond acceptors (Lipinski definition) is 6. The fraction of sp³-hybridized carbons (Fsp3) is 0.304. The number of furan rings is 1. The number of amides is 2.